The molecule has 0 radical (unpaired) electrons. The highest BCUT2D eigenvalue weighted by molar-refractivity contribution is 5.75. The van der Waals surface area contributed by atoms with Crippen LogP contribution in [0.1, 0.15) is 41.0 Å². The third-order valence-electron chi connectivity index (χ3n) is 2.20. The van der Waals surface area contributed by atoms with Crippen LogP contribution in [0.4, 0.5) is 0 Å². The predicted octanol–water partition coefficient (Wildman–Crippen LogP) is 2.31. The van der Waals surface area contributed by atoms with Gasteiger partial charge >= 0.3 is 5.97 Å². The van der Waals surface area contributed by atoms with Gasteiger partial charge in [-0.15, -0.1) is 0 Å². The van der Waals surface area contributed by atoms with Gasteiger partial charge in [0.1, 0.15) is 6.04 Å². The minimum absolute atomic E-state index is 0.105. The van der Waals surface area contributed by atoms with Crippen LogP contribution in [0.15, 0.2) is 0 Å². The molecule has 1 unspecified atom stereocenters. The fourth-order valence-corrected chi connectivity index (χ4v) is 1.76. The summed E-state index contributed by atoms with van der Waals surface area (Å²) in [5, 5.41) is 0. The second-order valence-electron chi connectivity index (χ2n) is 5.15. The van der Waals surface area contributed by atoms with E-state index >= 15 is 0 Å². The molecule has 0 aliphatic heterocycles. The summed E-state index contributed by atoms with van der Waals surface area (Å²) in [7, 11) is 1.98. The summed E-state index contributed by atoms with van der Waals surface area (Å²) in [6.45, 7) is 11.7. The lowest BCUT2D eigenvalue weighted by Gasteiger charge is -2.31. The number of rotatable bonds is 5. The summed E-state index contributed by atoms with van der Waals surface area (Å²) >= 11 is 0. The lowest BCUT2D eigenvalue weighted by molar-refractivity contribution is -0.149. The summed E-state index contributed by atoms with van der Waals surface area (Å²) in [6.07, 6.45) is 0.797. The number of hydrogen-bond acceptors (Lipinski definition) is 3. The van der Waals surface area contributed by atoms with E-state index in [2.05, 4.69) is 25.7 Å². The molecule has 0 saturated carbocycles. The van der Waals surface area contributed by atoms with E-state index in [1.165, 1.54) is 0 Å². The predicted molar refractivity (Wildman–Crippen MR) is 62.8 cm³/mol. The Morgan fingerprint density at radius 1 is 1.33 bits per heavy atom. The van der Waals surface area contributed by atoms with Gasteiger partial charge in [0.05, 0.1) is 6.61 Å². The Morgan fingerprint density at radius 3 is 2.20 bits per heavy atom. The second-order valence-corrected chi connectivity index (χ2v) is 5.15. The molecule has 0 aromatic rings. The van der Waals surface area contributed by atoms with Gasteiger partial charge in [0.25, 0.3) is 0 Å². The first-order chi connectivity index (χ1) is 6.81. The Labute approximate surface area is 93.8 Å². The second kappa shape index (κ2) is 6.11. The van der Waals surface area contributed by atoms with E-state index in [1.54, 1.807) is 0 Å². The highest BCUT2D eigenvalue weighted by Crippen LogP contribution is 2.17. The van der Waals surface area contributed by atoms with Gasteiger partial charge in [-0.05, 0) is 25.8 Å². The van der Waals surface area contributed by atoms with Crippen LogP contribution in [0.2, 0.25) is 0 Å². The summed E-state index contributed by atoms with van der Waals surface area (Å²) in [6, 6.07) is -0.107. The molecule has 0 spiro atoms. The summed E-state index contributed by atoms with van der Waals surface area (Å²) < 4.78 is 5.05. The van der Waals surface area contributed by atoms with E-state index in [0.717, 1.165) is 13.0 Å². The van der Waals surface area contributed by atoms with Crippen molar-refractivity contribution in [3.05, 3.63) is 0 Å². The number of ether oxygens (including phenoxy) is 1. The first-order valence-corrected chi connectivity index (χ1v) is 5.68. The molecule has 0 saturated heterocycles. The zero-order chi connectivity index (χ0) is 12.1. The van der Waals surface area contributed by atoms with Gasteiger partial charge in [0.2, 0.25) is 0 Å². The third-order valence-corrected chi connectivity index (χ3v) is 2.20. The molecule has 15 heavy (non-hydrogen) atoms. The maximum atomic E-state index is 11.6. The van der Waals surface area contributed by atoms with Crippen LogP contribution in [0.3, 0.4) is 0 Å². The highest BCUT2D eigenvalue weighted by Gasteiger charge is 2.25. The van der Waals surface area contributed by atoms with Crippen LogP contribution >= 0.6 is 0 Å². The minimum atomic E-state index is -0.107. The van der Waals surface area contributed by atoms with Crippen molar-refractivity contribution in [3.8, 4) is 0 Å². The molecule has 0 bridgehead atoms. The van der Waals surface area contributed by atoms with Crippen molar-refractivity contribution in [1.82, 2.24) is 4.90 Å². The standard InChI is InChI=1S/C12H25NO2/c1-7-10(11(14)15-8-2)13(6)9-12(3,4)5/h10H,7-9H2,1-6H3. The summed E-state index contributed by atoms with van der Waals surface area (Å²) in [5.41, 5.74) is 0.203. The Bertz CT molecular complexity index is 196. The molecule has 0 rings (SSSR count). The van der Waals surface area contributed by atoms with Crippen LogP contribution in [0, 0.1) is 5.41 Å². The van der Waals surface area contributed by atoms with Crippen molar-refractivity contribution in [2.75, 3.05) is 20.2 Å². The molecule has 0 aromatic carbocycles. The number of carbonyl (C=O) groups is 1. The van der Waals surface area contributed by atoms with Crippen molar-refractivity contribution in [2.24, 2.45) is 5.41 Å². The zero-order valence-corrected chi connectivity index (χ0v) is 11.0. The molecule has 3 nitrogen and oxygen atoms in total. The zero-order valence-electron chi connectivity index (χ0n) is 11.0. The Morgan fingerprint density at radius 2 is 1.87 bits per heavy atom. The van der Waals surface area contributed by atoms with E-state index in [9.17, 15) is 4.79 Å². The largest absolute Gasteiger partial charge is 0.465 e. The lowest BCUT2D eigenvalue weighted by atomic mass is 9.95. The first kappa shape index (κ1) is 14.4. The van der Waals surface area contributed by atoms with E-state index in [0.29, 0.717) is 6.61 Å². The Hall–Kier alpha value is -0.570. The van der Waals surface area contributed by atoms with E-state index < -0.39 is 0 Å². The van der Waals surface area contributed by atoms with Crippen molar-refractivity contribution in [2.45, 2.75) is 47.1 Å². The van der Waals surface area contributed by atoms with Gasteiger partial charge in [-0.25, -0.2) is 0 Å². The molecule has 0 N–H and O–H groups in total. The topological polar surface area (TPSA) is 29.5 Å². The van der Waals surface area contributed by atoms with Gasteiger partial charge in [0.15, 0.2) is 0 Å². The maximum absolute atomic E-state index is 11.6. The summed E-state index contributed by atoms with van der Waals surface area (Å²) in [5.74, 6) is -0.105. The molecule has 90 valence electrons. The molecule has 0 aliphatic rings. The van der Waals surface area contributed by atoms with Crippen molar-refractivity contribution in [3.63, 3.8) is 0 Å². The normalized spacial score (nSPS) is 14.1. The average molecular weight is 215 g/mol. The maximum Gasteiger partial charge on any atom is 0.323 e. The van der Waals surface area contributed by atoms with Crippen molar-refractivity contribution >= 4 is 5.97 Å². The molecule has 0 aromatic heterocycles. The van der Waals surface area contributed by atoms with Gasteiger partial charge in [0, 0.05) is 6.54 Å². The number of carbonyl (C=O) groups excluding carboxylic acids is 1. The smallest absolute Gasteiger partial charge is 0.323 e. The van der Waals surface area contributed by atoms with Crippen LogP contribution in [-0.4, -0.2) is 37.1 Å². The number of esters is 1. The van der Waals surface area contributed by atoms with Crippen LogP contribution in [0.25, 0.3) is 0 Å². The fraction of sp³-hybridized carbons (Fsp3) is 0.917. The van der Waals surface area contributed by atoms with Crippen LogP contribution in [0.5, 0.6) is 0 Å². The number of hydrogen-bond donors (Lipinski definition) is 0. The summed E-state index contributed by atoms with van der Waals surface area (Å²) in [4.78, 5) is 13.7. The van der Waals surface area contributed by atoms with Gasteiger partial charge < -0.3 is 4.74 Å². The monoisotopic (exact) mass is 215 g/mol. The molecular weight excluding hydrogens is 190 g/mol. The third kappa shape index (κ3) is 5.78. The molecular formula is C12H25NO2. The number of nitrogens with zero attached hydrogens (tertiary/aromatic N) is 1. The van der Waals surface area contributed by atoms with Crippen LogP contribution < -0.4 is 0 Å². The molecule has 0 amide bonds. The van der Waals surface area contributed by atoms with Gasteiger partial charge in [-0.1, -0.05) is 27.7 Å². The molecule has 1 atom stereocenters. The average Bonchev–Trinajstić information content (AvgIpc) is 2.02. The molecule has 3 heteroatoms. The van der Waals surface area contributed by atoms with Crippen LogP contribution in [-0.2, 0) is 9.53 Å². The van der Waals surface area contributed by atoms with E-state index in [1.807, 2.05) is 20.9 Å². The van der Waals surface area contributed by atoms with Crippen molar-refractivity contribution < 1.29 is 9.53 Å². The van der Waals surface area contributed by atoms with Gasteiger partial charge in [-0.3, -0.25) is 9.69 Å². The fourth-order valence-electron chi connectivity index (χ4n) is 1.76. The lowest BCUT2D eigenvalue weighted by Crippen LogP contribution is -2.43. The SMILES string of the molecule is CCOC(=O)C(CC)N(C)CC(C)(C)C. The molecule has 0 aliphatic carbocycles. The first-order valence-electron chi connectivity index (χ1n) is 5.68. The highest BCUT2D eigenvalue weighted by atomic mass is 16.5. The van der Waals surface area contributed by atoms with Gasteiger partial charge in [-0.2, -0.15) is 0 Å². The minimum Gasteiger partial charge on any atom is -0.465 e. The number of likely N-dealkylation sites (N-methyl/N-ethyl adjacent to an activating group) is 1. The quantitative estimate of drug-likeness (QED) is 0.659. The Kier molecular flexibility index (Phi) is 5.88. The van der Waals surface area contributed by atoms with E-state index in [-0.39, 0.29) is 17.4 Å². The van der Waals surface area contributed by atoms with E-state index in [4.69, 9.17) is 4.74 Å². The Balaban J connectivity index is 4.34. The molecule has 0 heterocycles. The van der Waals surface area contributed by atoms with Crippen molar-refractivity contribution in [1.29, 1.82) is 0 Å². The molecule has 0 fully saturated rings.